The number of nitrogens with two attached hydrogens (primary N) is 1. The van der Waals surface area contributed by atoms with Crippen molar-refractivity contribution in [1.29, 1.82) is 0 Å². The normalized spacial score (nSPS) is 21.2. The number of hydrogen-bond donors (Lipinski definition) is 1. The molecule has 0 aliphatic carbocycles. The van der Waals surface area contributed by atoms with E-state index in [0.29, 0.717) is 41.2 Å². The molecule has 0 saturated carbocycles. The fraction of sp³-hybridized carbons (Fsp3) is 0.240. The largest absolute Gasteiger partial charge is 0.462 e. The molecule has 7 nitrogen and oxygen atoms in total. The van der Waals surface area contributed by atoms with Crippen LogP contribution in [0, 0.1) is 29.2 Å². The Morgan fingerprint density at radius 2 is 1.91 bits per heavy atom. The third-order valence-corrected chi connectivity index (χ3v) is 6.16. The van der Waals surface area contributed by atoms with Crippen LogP contribution in [0.2, 0.25) is 0 Å². The molecular weight excluding hydrogens is 442 g/mol. The maximum atomic E-state index is 14.9. The summed E-state index contributed by atoms with van der Waals surface area (Å²) in [4.78, 5) is 12.3. The number of aliphatic imine (C=N–C) groups is 1. The van der Waals surface area contributed by atoms with Gasteiger partial charge in [0.1, 0.15) is 12.4 Å². The quantitative estimate of drug-likeness (QED) is 0.442. The maximum absolute atomic E-state index is 14.9. The third-order valence-electron chi connectivity index (χ3n) is 6.16. The van der Waals surface area contributed by atoms with E-state index >= 15 is 0 Å². The standard InChI is InChI=1S/C25H18F2N4O3/c1-24(11-32-12-24)7-6-15-10-18-22(30-20(15)26)34-19-5-4-14(16-3-2-8-29-21(16)27)9-17(19)25(18)13-33-23(28)31-25/h2-5,8-10H,11-13H2,1H3,(H2,28,31)/t25-/m0/s1. The highest BCUT2D eigenvalue weighted by atomic mass is 19.1. The van der Waals surface area contributed by atoms with Crippen LogP contribution in [0.1, 0.15) is 23.6 Å². The topological polar surface area (TPSA) is 91.9 Å². The first kappa shape index (κ1) is 20.6. The first-order chi connectivity index (χ1) is 16.4. The molecule has 3 aromatic rings. The van der Waals surface area contributed by atoms with Crippen LogP contribution >= 0.6 is 0 Å². The summed E-state index contributed by atoms with van der Waals surface area (Å²) in [5, 5.41) is 0. The van der Waals surface area contributed by atoms with Gasteiger partial charge in [0.2, 0.25) is 17.8 Å². The van der Waals surface area contributed by atoms with E-state index in [4.69, 9.17) is 19.9 Å². The van der Waals surface area contributed by atoms with Crippen LogP contribution in [0.15, 0.2) is 47.6 Å². The molecule has 5 heterocycles. The van der Waals surface area contributed by atoms with Crippen LogP contribution in [-0.4, -0.2) is 35.8 Å². The number of amidine groups is 1. The lowest BCUT2D eigenvalue weighted by Gasteiger charge is -2.33. The second kappa shape index (κ2) is 7.23. The molecule has 2 N–H and O–H groups in total. The Morgan fingerprint density at radius 3 is 2.62 bits per heavy atom. The Kier molecular flexibility index (Phi) is 4.38. The van der Waals surface area contributed by atoms with E-state index in [9.17, 15) is 8.78 Å². The predicted octanol–water partition coefficient (Wildman–Crippen LogP) is 3.50. The van der Waals surface area contributed by atoms with Gasteiger partial charge in [0.15, 0.2) is 5.54 Å². The molecule has 1 saturated heterocycles. The zero-order chi connectivity index (χ0) is 23.5. The number of fused-ring (bicyclic) bond motifs is 4. The highest BCUT2D eigenvalue weighted by Gasteiger charge is 2.48. The van der Waals surface area contributed by atoms with Crippen LogP contribution in [-0.2, 0) is 15.0 Å². The summed E-state index contributed by atoms with van der Waals surface area (Å²) in [6.45, 7) is 2.97. The Balaban J connectivity index is 1.52. The molecule has 1 spiro atoms. The van der Waals surface area contributed by atoms with Crippen molar-refractivity contribution in [2.24, 2.45) is 16.1 Å². The van der Waals surface area contributed by atoms with Crippen LogP contribution in [0.3, 0.4) is 0 Å². The van der Waals surface area contributed by atoms with Gasteiger partial charge in [0.05, 0.1) is 29.8 Å². The van der Waals surface area contributed by atoms with Crippen molar-refractivity contribution in [3.8, 4) is 34.6 Å². The van der Waals surface area contributed by atoms with Crippen LogP contribution in [0.4, 0.5) is 8.78 Å². The lowest BCUT2D eigenvalue weighted by Crippen LogP contribution is -2.38. The Bertz CT molecular complexity index is 1440. The molecule has 0 unspecified atom stereocenters. The number of rotatable bonds is 1. The van der Waals surface area contributed by atoms with Crippen molar-refractivity contribution in [1.82, 2.24) is 9.97 Å². The second-order valence-electron chi connectivity index (χ2n) is 8.74. The molecule has 0 amide bonds. The number of nitrogens with zero attached hydrogens (tertiary/aromatic N) is 3. The zero-order valence-corrected chi connectivity index (χ0v) is 18.1. The average Bonchev–Trinajstić information content (AvgIpc) is 3.19. The molecule has 2 aromatic heterocycles. The van der Waals surface area contributed by atoms with Crippen molar-refractivity contribution in [2.45, 2.75) is 12.5 Å². The minimum atomic E-state index is -1.15. The fourth-order valence-corrected chi connectivity index (χ4v) is 4.30. The Morgan fingerprint density at radius 1 is 1.06 bits per heavy atom. The van der Waals surface area contributed by atoms with Crippen LogP contribution in [0.25, 0.3) is 11.1 Å². The van der Waals surface area contributed by atoms with E-state index in [1.54, 1.807) is 36.4 Å². The summed E-state index contributed by atoms with van der Waals surface area (Å²) in [6.07, 6.45) is 1.38. The predicted molar refractivity (Wildman–Crippen MR) is 118 cm³/mol. The highest BCUT2D eigenvalue weighted by Crippen LogP contribution is 2.51. The lowest BCUT2D eigenvalue weighted by atomic mass is 9.81. The Labute approximate surface area is 193 Å². The summed E-state index contributed by atoms with van der Waals surface area (Å²) in [5.74, 6) is 5.05. The number of benzene rings is 1. The highest BCUT2D eigenvalue weighted by molar-refractivity contribution is 5.77. The SMILES string of the molecule is CC1(C#Cc2cc3c(nc2F)Oc2ccc(-c4cccnc4F)cc2[C@@]32COC(N)=N2)COC1. The van der Waals surface area contributed by atoms with E-state index in [2.05, 4.69) is 26.8 Å². The summed E-state index contributed by atoms with van der Waals surface area (Å²) in [6, 6.07) is 9.94. The summed E-state index contributed by atoms with van der Waals surface area (Å²) < 4.78 is 46.0. The number of hydrogen-bond acceptors (Lipinski definition) is 7. The van der Waals surface area contributed by atoms with Crippen LogP contribution in [0.5, 0.6) is 11.6 Å². The molecule has 3 aliphatic heterocycles. The second-order valence-corrected chi connectivity index (χ2v) is 8.74. The minimum absolute atomic E-state index is 0.0205. The van der Waals surface area contributed by atoms with Crippen molar-refractivity contribution >= 4 is 6.02 Å². The minimum Gasteiger partial charge on any atom is -0.462 e. The number of ether oxygens (including phenoxy) is 3. The van der Waals surface area contributed by atoms with E-state index in [1.165, 1.54) is 6.20 Å². The molecule has 170 valence electrons. The van der Waals surface area contributed by atoms with E-state index in [-0.39, 0.29) is 29.5 Å². The third kappa shape index (κ3) is 3.10. The van der Waals surface area contributed by atoms with Gasteiger partial charge >= 0.3 is 0 Å². The fourth-order valence-electron chi connectivity index (χ4n) is 4.30. The summed E-state index contributed by atoms with van der Waals surface area (Å²) in [7, 11) is 0. The molecule has 1 atom stereocenters. The van der Waals surface area contributed by atoms with Gasteiger partial charge in [-0.3, -0.25) is 0 Å². The molecular formula is C25H18F2N4O3. The van der Waals surface area contributed by atoms with Crippen LogP contribution < -0.4 is 10.5 Å². The van der Waals surface area contributed by atoms with Gasteiger partial charge < -0.3 is 19.9 Å². The van der Waals surface area contributed by atoms with Crippen molar-refractivity contribution < 1.29 is 23.0 Å². The maximum Gasteiger partial charge on any atom is 0.283 e. The van der Waals surface area contributed by atoms with Gasteiger partial charge in [-0.2, -0.15) is 13.8 Å². The lowest BCUT2D eigenvalue weighted by molar-refractivity contribution is -0.0648. The number of halogens is 2. The van der Waals surface area contributed by atoms with Gasteiger partial charge in [-0.25, -0.2) is 9.98 Å². The first-order valence-electron chi connectivity index (χ1n) is 10.6. The van der Waals surface area contributed by atoms with Gasteiger partial charge in [-0.15, -0.1) is 0 Å². The number of pyridine rings is 2. The van der Waals surface area contributed by atoms with E-state index in [0.717, 1.165) is 0 Å². The average molecular weight is 460 g/mol. The van der Waals surface area contributed by atoms with Gasteiger partial charge in [0, 0.05) is 17.3 Å². The molecule has 3 aliphatic rings. The van der Waals surface area contributed by atoms with Gasteiger partial charge in [0.25, 0.3) is 6.02 Å². The molecule has 1 aromatic carbocycles. The summed E-state index contributed by atoms with van der Waals surface area (Å²) in [5.41, 5.74) is 6.49. The smallest absolute Gasteiger partial charge is 0.283 e. The van der Waals surface area contributed by atoms with Crippen molar-refractivity contribution in [3.63, 3.8) is 0 Å². The van der Waals surface area contributed by atoms with Gasteiger partial charge in [-0.1, -0.05) is 17.9 Å². The number of aromatic nitrogens is 2. The molecule has 1 fully saturated rings. The molecule has 6 rings (SSSR count). The van der Waals surface area contributed by atoms with Crippen molar-refractivity contribution in [2.75, 3.05) is 19.8 Å². The molecule has 9 heteroatoms. The monoisotopic (exact) mass is 460 g/mol. The Hall–Kier alpha value is -4.03. The van der Waals surface area contributed by atoms with Gasteiger partial charge in [-0.05, 0) is 42.8 Å². The molecule has 0 radical (unpaired) electrons. The first-order valence-corrected chi connectivity index (χ1v) is 10.6. The molecule has 0 bridgehead atoms. The van der Waals surface area contributed by atoms with E-state index < -0.39 is 17.4 Å². The zero-order valence-electron chi connectivity index (χ0n) is 18.1. The van der Waals surface area contributed by atoms with Crippen molar-refractivity contribution in [3.05, 3.63) is 71.2 Å². The van der Waals surface area contributed by atoms with E-state index in [1.807, 2.05) is 6.92 Å². The summed E-state index contributed by atoms with van der Waals surface area (Å²) >= 11 is 0. The molecule has 34 heavy (non-hydrogen) atoms.